The van der Waals surface area contributed by atoms with Gasteiger partial charge in [-0.15, -0.1) is 0 Å². The molecule has 0 saturated heterocycles. The minimum absolute atomic E-state index is 0.0662. The molecule has 0 radical (unpaired) electrons. The molecule has 0 fully saturated rings. The second kappa shape index (κ2) is 4.79. The smallest absolute Gasteiger partial charge is 0.173 e. The summed E-state index contributed by atoms with van der Waals surface area (Å²) < 4.78 is 10.8. The molecule has 2 atom stereocenters. The van der Waals surface area contributed by atoms with Gasteiger partial charge in [-0.2, -0.15) is 0 Å². The first kappa shape index (κ1) is 15.3. The van der Waals surface area contributed by atoms with E-state index in [1.165, 1.54) is 16.6 Å². The molecule has 6 nitrogen and oxygen atoms in total. The molecular weight excluding hydrogens is 378 g/mol. The SMILES string of the molecule is O=C1C=c2c(c3c4c(c5c6c7n8c5c3n2C/C=C\C8OC(C=C6)C7)C=NC=4)C(=O)C1. The van der Waals surface area contributed by atoms with Crippen molar-refractivity contribution in [1.82, 2.24) is 9.13 Å². The number of rotatable bonds is 0. The van der Waals surface area contributed by atoms with E-state index in [9.17, 15) is 9.59 Å². The molecule has 1 aromatic carbocycles. The molecule has 0 saturated carbocycles. The first-order valence-corrected chi connectivity index (χ1v) is 10.3. The second-order valence-corrected chi connectivity index (χ2v) is 8.55. The number of carbonyl (C=O) groups is 2. The van der Waals surface area contributed by atoms with Crippen molar-refractivity contribution >= 4 is 57.9 Å². The Morgan fingerprint density at radius 3 is 2.97 bits per heavy atom. The summed E-state index contributed by atoms with van der Waals surface area (Å²) in [5.41, 5.74) is 6.31. The van der Waals surface area contributed by atoms with Gasteiger partial charge in [-0.3, -0.25) is 14.6 Å². The van der Waals surface area contributed by atoms with Crippen molar-refractivity contribution in [3.63, 3.8) is 0 Å². The molecule has 2 bridgehead atoms. The van der Waals surface area contributed by atoms with Gasteiger partial charge in [0, 0.05) is 64.3 Å². The Balaban J connectivity index is 1.76. The molecule has 3 aliphatic heterocycles. The van der Waals surface area contributed by atoms with Gasteiger partial charge in [0.15, 0.2) is 17.8 Å². The first-order valence-electron chi connectivity index (χ1n) is 10.3. The topological polar surface area (TPSA) is 65.6 Å². The van der Waals surface area contributed by atoms with Crippen molar-refractivity contribution in [3.05, 3.63) is 51.2 Å². The van der Waals surface area contributed by atoms with Crippen LogP contribution in [0.15, 0.2) is 23.2 Å². The number of aliphatic imine (C=N–C) groups is 1. The van der Waals surface area contributed by atoms with Crippen molar-refractivity contribution in [3.8, 4) is 0 Å². The zero-order chi connectivity index (χ0) is 19.7. The lowest BCUT2D eigenvalue weighted by atomic mass is 9.93. The molecule has 3 aromatic rings. The Kier molecular flexibility index (Phi) is 2.45. The Hall–Kier alpha value is -3.51. The predicted octanol–water partition coefficient (Wildman–Crippen LogP) is 1.74. The van der Waals surface area contributed by atoms with Crippen LogP contribution in [0, 0.1) is 0 Å². The number of fused-ring (bicyclic) bond motifs is 8. The maximum Gasteiger partial charge on any atom is 0.173 e. The summed E-state index contributed by atoms with van der Waals surface area (Å²) in [4.78, 5) is 29.8. The third-order valence-corrected chi connectivity index (χ3v) is 7.05. The van der Waals surface area contributed by atoms with Crippen LogP contribution in [0.25, 0.3) is 40.2 Å². The maximum absolute atomic E-state index is 13.1. The molecular formula is C24H15N3O3. The van der Waals surface area contributed by atoms with Crippen LogP contribution in [0.4, 0.5) is 0 Å². The van der Waals surface area contributed by atoms with Gasteiger partial charge in [0.1, 0.15) is 0 Å². The molecule has 5 heterocycles. The normalized spacial score (nSPS) is 25.5. The average Bonchev–Trinajstić information content (AvgIpc) is 3.38. The molecule has 2 unspecified atom stereocenters. The summed E-state index contributed by atoms with van der Waals surface area (Å²) in [6.07, 6.45) is 14.6. The molecule has 2 aromatic heterocycles. The van der Waals surface area contributed by atoms with E-state index < -0.39 is 0 Å². The molecule has 0 N–H and O–H groups in total. The predicted molar refractivity (Wildman–Crippen MR) is 113 cm³/mol. The zero-order valence-electron chi connectivity index (χ0n) is 15.9. The molecule has 2 aliphatic carbocycles. The van der Waals surface area contributed by atoms with Crippen LogP contribution in [-0.4, -0.2) is 33.0 Å². The van der Waals surface area contributed by atoms with E-state index in [4.69, 9.17) is 4.74 Å². The molecule has 8 rings (SSSR count). The number of nitrogens with zero attached hydrogens (tertiary/aromatic N) is 3. The summed E-state index contributed by atoms with van der Waals surface area (Å²) in [7, 11) is 0. The van der Waals surface area contributed by atoms with Crippen LogP contribution in [0.1, 0.15) is 39.8 Å². The highest BCUT2D eigenvalue weighted by atomic mass is 16.5. The lowest BCUT2D eigenvalue weighted by molar-refractivity contribution is -0.112. The van der Waals surface area contributed by atoms with Gasteiger partial charge >= 0.3 is 0 Å². The number of allylic oxidation sites excluding steroid dienone is 1. The lowest BCUT2D eigenvalue weighted by Crippen LogP contribution is -2.31. The number of aromatic nitrogens is 2. The molecule has 6 heteroatoms. The van der Waals surface area contributed by atoms with Gasteiger partial charge in [-0.25, -0.2) is 0 Å². The maximum atomic E-state index is 13.1. The van der Waals surface area contributed by atoms with Crippen molar-refractivity contribution < 1.29 is 14.3 Å². The Bertz CT molecular complexity index is 1640. The minimum atomic E-state index is -0.175. The van der Waals surface area contributed by atoms with E-state index in [0.717, 1.165) is 39.0 Å². The molecule has 144 valence electrons. The lowest BCUT2D eigenvalue weighted by Gasteiger charge is -2.33. The number of hydrogen-bond acceptors (Lipinski definition) is 4. The number of ether oxygens (including phenoxy) is 1. The summed E-state index contributed by atoms with van der Waals surface area (Å²) >= 11 is 0. The fourth-order valence-corrected chi connectivity index (χ4v) is 5.98. The van der Waals surface area contributed by atoms with Gasteiger partial charge < -0.3 is 13.9 Å². The summed E-state index contributed by atoms with van der Waals surface area (Å²) in [6.45, 7) is 0.589. The second-order valence-electron chi connectivity index (χ2n) is 8.55. The monoisotopic (exact) mass is 393 g/mol. The average molecular weight is 393 g/mol. The molecule has 5 aliphatic rings. The first-order chi connectivity index (χ1) is 14.7. The Labute approximate surface area is 169 Å². The van der Waals surface area contributed by atoms with E-state index >= 15 is 0 Å². The van der Waals surface area contributed by atoms with E-state index in [-0.39, 0.29) is 30.3 Å². The number of benzene rings is 1. The fraction of sp³-hybridized carbons (Fsp3) is 0.208. The van der Waals surface area contributed by atoms with Crippen LogP contribution in [-0.2, 0) is 22.5 Å². The van der Waals surface area contributed by atoms with Crippen molar-refractivity contribution in [2.24, 2.45) is 4.99 Å². The number of ketones is 2. The summed E-state index contributed by atoms with van der Waals surface area (Å²) in [6, 6.07) is 0. The largest absolute Gasteiger partial charge is 0.347 e. The van der Waals surface area contributed by atoms with Gasteiger partial charge in [-0.05, 0) is 6.08 Å². The minimum Gasteiger partial charge on any atom is -0.347 e. The van der Waals surface area contributed by atoms with Crippen LogP contribution < -0.4 is 10.6 Å². The fourth-order valence-electron chi connectivity index (χ4n) is 5.98. The third-order valence-electron chi connectivity index (χ3n) is 7.05. The highest BCUT2D eigenvalue weighted by Gasteiger charge is 2.37. The zero-order valence-corrected chi connectivity index (χ0v) is 15.9. The summed E-state index contributed by atoms with van der Waals surface area (Å²) in [5.74, 6) is -0.234. The number of hydrogen-bond donors (Lipinski definition) is 0. The number of Topliss-reactive ketones (excluding diaryl/α,β-unsaturated/α-hetero) is 2. The molecule has 0 amide bonds. The quantitative estimate of drug-likeness (QED) is 0.432. The van der Waals surface area contributed by atoms with E-state index in [1.807, 2.05) is 12.4 Å². The third kappa shape index (κ3) is 1.55. The van der Waals surface area contributed by atoms with Gasteiger partial charge in [0.2, 0.25) is 0 Å². The Morgan fingerprint density at radius 1 is 1.10 bits per heavy atom. The van der Waals surface area contributed by atoms with Gasteiger partial charge in [-0.1, -0.05) is 18.2 Å². The van der Waals surface area contributed by atoms with E-state index in [1.54, 1.807) is 6.08 Å². The highest BCUT2D eigenvalue weighted by Crippen LogP contribution is 2.43. The van der Waals surface area contributed by atoms with Crippen LogP contribution >= 0.6 is 0 Å². The standard InChI is InChI=1S/C24H15N3O3/c28-11-6-17-22(18(29)7-11)21-15-10-25-9-14(15)20-13-4-3-12-8-16(13)27-19(30-12)2-1-5-26(17)23(21)24(20)27/h1-4,6,9-10,12,19H,5,7-8H2/b2-1-. The van der Waals surface area contributed by atoms with Crippen molar-refractivity contribution in [2.45, 2.75) is 31.7 Å². The van der Waals surface area contributed by atoms with Gasteiger partial charge in [0.25, 0.3) is 0 Å². The molecule has 0 spiro atoms. The van der Waals surface area contributed by atoms with Crippen molar-refractivity contribution in [2.75, 3.05) is 0 Å². The molecule has 30 heavy (non-hydrogen) atoms. The highest BCUT2D eigenvalue weighted by molar-refractivity contribution is 6.28. The summed E-state index contributed by atoms with van der Waals surface area (Å²) in [5, 5.41) is 3.80. The van der Waals surface area contributed by atoms with Crippen LogP contribution in [0.5, 0.6) is 0 Å². The van der Waals surface area contributed by atoms with Gasteiger partial charge in [0.05, 0.1) is 34.5 Å². The van der Waals surface area contributed by atoms with E-state index in [0.29, 0.717) is 12.1 Å². The van der Waals surface area contributed by atoms with Crippen LogP contribution in [0.2, 0.25) is 0 Å². The van der Waals surface area contributed by atoms with Crippen molar-refractivity contribution in [1.29, 1.82) is 0 Å². The Morgan fingerprint density at radius 2 is 2.03 bits per heavy atom. The van der Waals surface area contributed by atoms with E-state index in [2.05, 4.69) is 38.4 Å². The number of carbonyl (C=O) groups excluding carboxylic acids is 2. The van der Waals surface area contributed by atoms with Crippen LogP contribution in [0.3, 0.4) is 0 Å².